The van der Waals surface area contributed by atoms with Gasteiger partial charge in [0.2, 0.25) is 0 Å². The highest BCUT2D eigenvalue weighted by molar-refractivity contribution is 5.42. The lowest BCUT2D eigenvalue weighted by Crippen LogP contribution is -2.34. The summed E-state index contributed by atoms with van der Waals surface area (Å²) in [6, 6.07) is 14.9. The zero-order valence-corrected chi connectivity index (χ0v) is 13.6. The summed E-state index contributed by atoms with van der Waals surface area (Å²) in [5, 5.41) is 3.31. The van der Waals surface area contributed by atoms with Gasteiger partial charge >= 0.3 is 5.69 Å². The largest absolute Gasteiger partial charge is 0.365 e. The van der Waals surface area contributed by atoms with E-state index in [1.807, 2.05) is 12.1 Å². The van der Waals surface area contributed by atoms with Crippen LogP contribution in [0, 0.1) is 0 Å². The van der Waals surface area contributed by atoms with Crippen LogP contribution in [0.5, 0.6) is 0 Å². The van der Waals surface area contributed by atoms with Gasteiger partial charge < -0.3 is 5.32 Å². The summed E-state index contributed by atoms with van der Waals surface area (Å²) in [6.45, 7) is 0. The second-order valence-corrected chi connectivity index (χ2v) is 6.14. The number of pyridine rings is 1. The lowest BCUT2D eigenvalue weighted by Gasteiger charge is -2.27. The quantitative estimate of drug-likeness (QED) is 0.771. The molecule has 3 aromatic rings. The normalized spacial score (nSPS) is 16.2. The number of benzene rings is 1. The van der Waals surface area contributed by atoms with Gasteiger partial charge in [-0.1, -0.05) is 30.3 Å². The van der Waals surface area contributed by atoms with E-state index in [4.69, 9.17) is 0 Å². The molecule has 126 valence electrons. The molecule has 0 unspecified atom stereocenters. The second kappa shape index (κ2) is 6.39. The number of fused-ring (bicyclic) bond motifs is 1. The molecule has 6 nitrogen and oxygen atoms in total. The van der Waals surface area contributed by atoms with Crippen LogP contribution in [0.2, 0.25) is 0 Å². The minimum Gasteiger partial charge on any atom is -0.365 e. The number of hydrogen-bond acceptors (Lipinski definition) is 4. The molecule has 1 aliphatic carbocycles. The summed E-state index contributed by atoms with van der Waals surface area (Å²) in [6.07, 6.45) is 4.64. The van der Waals surface area contributed by atoms with E-state index in [-0.39, 0.29) is 6.04 Å². The number of aromatic amines is 1. The monoisotopic (exact) mass is 334 g/mol. The molecule has 0 aliphatic heterocycles. The van der Waals surface area contributed by atoms with Crippen LogP contribution in [-0.2, 0) is 6.42 Å². The lowest BCUT2D eigenvalue weighted by atomic mass is 9.88. The molecule has 2 aromatic heterocycles. The highest BCUT2D eigenvalue weighted by Crippen LogP contribution is 2.31. The molecule has 1 atom stereocenters. The van der Waals surface area contributed by atoms with Gasteiger partial charge in [0.25, 0.3) is 5.56 Å². The molecule has 1 aliphatic rings. The van der Waals surface area contributed by atoms with E-state index in [2.05, 4.69) is 27.4 Å². The first kappa shape index (κ1) is 15.4. The highest BCUT2D eigenvalue weighted by atomic mass is 16.2. The van der Waals surface area contributed by atoms with Crippen LogP contribution < -0.4 is 16.6 Å². The third-order valence-electron chi connectivity index (χ3n) is 4.51. The van der Waals surface area contributed by atoms with Crippen molar-refractivity contribution < 1.29 is 0 Å². The van der Waals surface area contributed by atoms with Gasteiger partial charge in [-0.2, -0.15) is 0 Å². The van der Waals surface area contributed by atoms with E-state index < -0.39 is 11.2 Å². The van der Waals surface area contributed by atoms with Crippen molar-refractivity contribution >= 4 is 5.82 Å². The van der Waals surface area contributed by atoms with Gasteiger partial charge in [-0.15, -0.1) is 0 Å². The Balaban J connectivity index is 1.68. The van der Waals surface area contributed by atoms with Gasteiger partial charge in [0.1, 0.15) is 11.6 Å². The van der Waals surface area contributed by atoms with Crippen molar-refractivity contribution in [3.05, 3.63) is 86.7 Å². The Morgan fingerprint density at radius 3 is 2.76 bits per heavy atom. The van der Waals surface area contributed by atoms with Gasteiger partial charge in [0.05, 0.1) is 6.04 Å². The molecule has 0 radical (unpaired) electrons. The van der Waals surface area contributed by atoms with Gasteiger partial charge in [-0.25, -0.2) is 14.3 Å². The molecule has 0 saturated carbocycles. The van der Waals surface area contributed by atoms with E-state index in [0.717, 1.165) is 23.8 Å². The molecule has 0 spiro atoms. The van der Waals surface area contributed by atoms with Crippen LogP contribution in [0.15, 0.2) is 64.3 Å². The number of H-pyrrole nitrogens is 1. The Morgan fingerprint density at radius 2 is 1.96 bits per heavy atom. The average Bonchev–Trinajstić information content (AvgIpc) is 2.62. The van der Waals surface area contributed by atoms with Crippen LogP contribution in [0.1, 0.15) is 30.0 Å². The van der Waals surface area contributed by atoms with Crippen molar-refractivity contribution in [1.29, 1.82) is 0 Å². The SMILES string of the molecule is O=c1cc(N[C@H]2CCCc3ccccc32)[nH]c(=O)n1-c1ccccn1. The number of aromatic nitrogens is 3. The van der Waals surface area contributed by atoms with Crippen molar-refractivity contribution in [3.8, 4) is 5.82 Å². The van der Waals surface area contributed by atoms with Crippen molar-refractivity contribution in [2.75, 3.05) is 5.32 Å². The Morgan fingerprint density at radius 1 is 1.12 bits per heavy atom. The molecule has 6 heteroatoms. The summed E-state index contributed by atoms with van der Waals surface area (Å²) < 4.78 is 1.03. The molecule has 0 saturated heterocycles. The summed E-state index contributed by atoms with van der Waals surface area (Å²) in [5.41, 5.74) is 1.63. The Hall–Kier alpha value is -3.15. The van der Waals surface area contributed by atoms with E-state index in [9.17, 15) is 9.59 Å². The molecule has 0 fully saturated rings. The molecular weight excluding hydrogens is 316 g/mol. The first-order valence-corrected chi connectivity index (χ1v) is 8.34. The summed E-state index contributed by atoms with van der Waals surface area (Å²) in [7, 11) is 0. The molecule has 0 bridgehead atoms. The zero-order valence-electron chi connectivity index (χ0n) is 13.6. The maximum atomic E-state index is 12.4. The van der Waals surface area contributed by atoms with Gasteiger partial charge in [0.15, 0.2) is 0 Å². The number of anilines is 1. The highest BCUT2D eigenvalue weighted by Gasteiger charge is 2.20. The summed E-state index contributed by atoms with van der Waals surface area (Å²) in [4.78, 5) is 31.6. The number of hydrogen-bond donors (Lipinski definition) is 2. The number of rotatable bonds is 3. The molecule has 25 heavy (non-hydrogen) atoms. The maximum Gasteiger partial charge on any atom is 0.335 e. The molecule has 0 amide bonds. The van der Waals surface area contributed by atoms with Gasteiger partial charge in [0, 0.05) is 12.3 Å². The Kier molecular flexibility index (Phi) is 3.93. The molecule has 2 N–H and O–H groups in total. The predicted octanol–water partition coefficient (Wildman–Crippen LogP) is 2.41. The number of aryl methyl sites for hydroxylation is 1. The van der Waals surface area contributed by atoms with Gasteiger partial charge in [-0.3, -0.25) is 9.78 Å². The number of nitrogens with zero attached hydrogens (tertiary/aromatic N) is 2. The Labute approximate surface area is 144 Å². The van der Waals surface area contributed by atoms with E-state index >= 15 is 0 Å². The van der Waals surface area contributed by atoms with Crippen molar-refractivity contribution in [1.82, 2.24) is 14.5 Å². The second-order valence-electron chi connectivity index (χ2n) is 6.14. The molecule has 4 rings (SSSR count). The van der Waals surface area contributed by atoms with Crippen LogP contribution >= 0.6 is 0 Å². The molecule has 1 aromatic carbocycles. The third kappa shape index (κ3) is 2.98. The van der Waals surface area contributed by atoms with Crippen LogP contribution in [-0.4, -0.2) is 14.5 Å². The van der Waals surface area contributed by atoms with Crippen LogP contribution in [0.3, 0.4) is 0 Å². The molecule has 2 heterocycles. The molecular formula is C19H18N4O2. The van der Waals surface area contributed by atoms with Crippen molar-refractivity contribution in [2.24, 2.45) is 0 Å². The van der Waals surface area contributed by atoms with Crippen LogP contribution in [0.25, 0.3) is 5.82 Å². The maximum absolute atomic E-state index is 12.4. The topological polar surface area (TPSA) is 79.8 Å². The third-order valence-corrected chi connectivity index (χ3v) is 4.51. The summed E-state index contributed by atoms with van der Waals surface area (Å²) in [5.74, 6) is 0.743. The van der Waals surface area contributed by atoms with E-state index in [1.165, 1.54) is 17.2 Å². The smallest absolute Gasteiger partial charge is 0.335 e. The van der Waals surface area contributed by atoms with E-state index in [1.54, 1.807) is 24.4 Å². The fraction of sp³-hybridized carbons (Fsp3) is 0.211. The minimum atomic E-state index is -0.502. The number of nitrogens with one attached hydrogen (secondary N) is 2. The lowest BCUT2D eigenvalue weighted by molar-refractivity contribution is 0.597. The Bertz CT molecular complexity index is 976. The van der Waals surface area contributed by atoms with Crippen molar-refractivity contribution in [3.63, 3.8) is 0 Å². The minimum absolute atomic E-state index is 0.0886. The summed E-state index contributed by atoms with van der Waals surface area (Å²) >= 11 is 0. The zero-order chi connectivity index (χ0) is 17.2. The fourth-order valence-corrected chi connectivity index (χ4v) is 3.37. The fourth-order valence-electron chi connectivity index (χ4n) is 3.37. The van der Waals surface area contributed by atoms with Crippen LogP contribution in [0.4, 0.5) is 5.82 Å². The average molecular weight is 334 g/mol. The van der Waals surface area contributed by atoms with Crippen molar-refractivity contribution in [2.45, 2.75) is 25.3 Å². The predicted molar refractivity (Wildman–Crippen MR) is 96.2 cm³/mol. The van der Waals surface area contributed by atoms with E-state index in [0.29, 0.717) is 11.6 Å². The standard InChI is InChI=1S/C19H18N4O2/c24-18-12-16(22-19(25)23(18)17-10-3-4-11-20-17)21-15-9-5-7-13-6-1-2-8-14(13)15/h1-4,6,8,10-12,15,21H,5,7,9H2,(H,22,25)/t15-/m0/s1. The first-order chi connectivity index (χ1) is 12.2. The van der Waals surface area contributed by atoms with Gasteiger partial charge in [-0.05, 0) is 42.5 Å². The first-order valence-electron chi connectivity index (χ1n) is 8.34.